The molecule has 0 rings (SSSR count). The molecule has 4 heteroatoms. The van der Waals surface area contributed by atoms with Crippen LogP contribution in [0.1, 0.15) is 88.0 Å². The van der Waals surface area contributed by atoms with E-state index in [1.165, 1.54) is 0 Å². The van der Waals surface area contributed by atoms with Crippen LogP contribution in [0.5, 0.6) is 0 Å². The second-order valence-electron chi connectivity index (χ2n) is 7.97. The molecule has 0 spiro atoms. The van der Waals surface area contributed by atoms with Crippen LogP contribution in [-0.2, 0) is 19.2 Å². The van der Waals surface area contributed by atoms with Crippen molar-refractivity contribution in [1.82, 2.24) is 0 Å². The van der Waals surface area contributed by atoms with Gasteiger partial charge < -0.3 is 9.47 Å². The van der Waals surface area contributed by atoms with Crippen LogP contribution in [0.25, 0.3) is 0 Å². The highest BCUT2D eigenvalue weighted by atomic mass is 17.3. The fourth-order valence-electron chi connectivity index (χ4n) is 1.80. The zero-order valence-electron chi connectivity index (χ0n) is 16.2. The molecule has 0 aromatic heterocycles. The summed E-state index contributed by atoms with van der Waals surface area (Å²) in [7, 11) is 0. The molecule has 0 saturated carbocycles. The van der Waals surface area contributed by atoms with Gasteiger partial charge >= 0.3 is 5.97 Å². The SMILES string of the molecule is CCCCCOOC(OC(C)CC)(OC(C)(C)C)C(C)(C)C. The van der Waals surface area contributed by atoms with Crippen molar-refractivity contribution in [3.05, 3.63) is 0 Å². The maximum absolute atomic E-state index is 6.20. The van der Waals surface area contributed by atoms with Gasteiger partial charge in [-0.15, -0.1) is 0 Å². The van der Waals surface area contributed by atoms with E-state index in [1.807, 2.05) is 48.5 Å². The number of rotatable bonds is 10. The van der Waals surface area contributed by atoms with E-state index in [0.29, 0.717) is 6.61 Å². The minimum absolute atomic E-state index is 0.0146. The summed E-state index contributed by atoms with van der Waals surface area (Å²) in [5, 5.41) is 0. The van der Waals surface area contributed by atoms with E-state index in [0.717, 1.165) is 25.7 Å². The smallest absolute Gasteiger partial charge is 0.317 e. The number of hydrogen-bond acceptors (Lipinski definition) is 4. The predicted octanol–water partition coefficient (Wildman–Crippen LogP) is 5.45. The van der Waals surface area contributed by atoms with Gasteiger partial charge in [0.2, 0.25) is 0 Å². The second kappa shape index (κ2) is 9.21. The lowest BCUT2D eigenvalue weighted by atomic mass is 9.92. The topological polar surface area (TPSA) is 36.9 Å². The molecule has 0 N–H and O–H groups in total. The lowest BCUT2D eigenvalue weighted by Gasteiger charge is -2.46. The third-order valence-corrected chi connectivity index (χ3v) is 3.29. The van der Waals surface area contributed by atoms with E-state index in [9.17, 15) is 0 Å². The highest BCUT2D eigenvalue weighted by molar-refractivity contribution is 4.79. The van der Waals surface area contributed by atoms with Gasteiger partial charge in [-0.05, 0) is 40.5 Å². The van der Waals surface area contributed by atoms with Crippen LogP contribution in [0.2, 0.25) is 0 Å². The van der Waals surface area contributed by atoms with Crippen molar-refractivity contribution < 1.29 is 19.2 Å². The number of unbranched alkanes of at least 4 members (excludes halogenated alkanes) is 2. The van der Waals surface area contributed by atoms with Crippen LogP contribution in [0.3, 0.4) is 0 Å². The Balaban J connectivity index is 5.11. The average Bonchev–Trinajstić information content (AvgIpc) is 2.34. The Morgan fingerprint density at radius 3 is 1.91 bits per heavy atom. The van der Waals surface area contributed by atoms with Gasteiger partial charge in [0.1, 0.15) is 0 Å². The highest BCUT2D eigenvalue weighted by Gasteiger charge is 2.51. The molecule has 0 aromatic rings. The largest absolute Gasteiger partial charge is 0.322 e. The van der Waals surface area contributed by atoms with E-state index in [2.05, 4.69) is 13.8 Å². The van der Waals surface area contributed by atoms with Gasteiger partial charge in [0.05, 0.1) is 18.3 Å². The summed E-state index contributed by atoms with van der Waals surface area (Å²) in [4.78, 5) is 11.2. The summed E-state index contributed by atoms with van der Waals surface area (Å²) >= 11 is 0. The Hall–Kier alpha value is -0.160. The Labute approximate surface area is 137 Å². The van der Waals surface area contributed by atoms with Crippen molar-refractivity contribution >= 4 is 0 Å². The molecule has 4 nitrogen and oxygen atoms in total. The molecular weight excluding hydrogens is 280 g/mol. The van der Waals surface area contributed by atoms with Crippen LogP contribution in [-0.4, -0.2) is 24.3 Å². The molecule has 0 radical (unpaired) electrons. The third-order valence-electron chi connectivity index (χ3n) is 3.29. The van der Waals surface area contributed by atoms with E-state index < -0.39 is 17.0 Å². The van der Waals surface area contributed by atoms with Gasteiger partial charge in [0.15, 0.2) is 0 Å². The molecule has 0 aliphatic rings. The molecular formula is C18H38O4. The average molecular weight is 318 g/mol. The zero-order valence-corrected chi connectivity index (χ0v) is 16.2. The van der Waals surface area contributed by atoms with Gasteiger partial charge in [-0.25, -0.2) is 4.89 Å². The Kier molecular flexibility index (Phi) is 9.15. The molecule has 22 heavy (non-hydrogen) atoms. The fraction of sp³-hybridized carbons (Fsp3) is 1.00. The standard InChI is InChI=1S/C18H38O4/c1-10-12-13-14-19-22-18(16(4,5)6,20-15(3)11-2)21-17(7,8)9/h15H,10-14H2,1-9H3. The summed E-state index contributed by atoms with van der Waals surface area (Å²) in [6.45, 7) is 18.9. The molecule has 0 aliphatic heterocycles. The van der Waals surface area contributed by atoms with Gasteiger partial charge in [0.25, 0.3) is 0 Å². The molecule has 0 saturated heterocycles. The highest BCUT2D eigenvalue weighted by Crippen LogP contribution is 2.40. The van der Waals surface area contributed by atoms with Crippen molar-refractivity contribution in [2.24, 2.45) is 5.41 Å². The lowest BCUT2D eigenvalue weighted by molar-refractivity contribution is -0.551. The minimum atomic E-state index is -1.23. The maximum Gasteiger partial charge on any atom is 0.317 e. The summed E-state index contributed by atoms with van der Waals surface area (Å²) in [5.41, 5.74) is -0.804. The van der Waals surface area contributed by atoms with Gasteiger partial charge in [-0.1, -0.05) is 47.5 Å². The summed E-state index contributed by atoms with van der Waals surface area (Å²) < 4.78 is 12.4. The van der Waals surface area contributed by atoms with Crippen molar-refractivity contribution in [1.29, 1.82) is 0 Å². The van der Waals surface area contributed by atoms with Crippen molar-refractivity contribution in [2.45, 2.75) is 106 Å². The van der Waals surface area contributed by atoms with Gasteiger partial charge in [-0.2, -0.15) is 4.89 Å². The van der Waals surface area contributed by atoms with Gasteiger partial charge in [0, 0.05) is 5.41 Å². The third kappa shape index (κ3) is 7.91. The Bertz CT molecular complexity index is 290. The van der Waals surface area contributed by atoms with Crippen LogP contribution < -0.4 is 0 Å². The normalized spacial score (nSPS) is 17.3. The monoisotopic (exact) mass is 318 g/mol. The maximum atomic E-state index is 6.20. The molecule has 2 unspecified atom stereocenters. The fourth-order valence-corrected chi connectivity index (χ4v) is 1.80. The predicted molar refractivity (Wildman–Crippen MR) is 90.4 cm³/mol. The Morgan fingerprint density at radius 2 is 1.50 bits per heavy atom. The van der Waals surface area contributed by atoms with Crippen molar-refractivity contribution in [2.75, 3.05) is 6.61 Å². The zero-order chi connectivity index (χ0) is 17.4. The van der Waals surface area contributed by atoms with Gasteiger partial charge in [-0.3, -0.25) is 0 Å². The first-order valence-corrected chi connectivity index (χ1v) is 8.66. The van der Waals surface area contributed by atoms with Crippen LogP contribution in [0.4, 0.5) is 0 Å². The number of ether oxygens (including phenoxy) is 2. The molecule has 0 aliphatic carbocycles. The first-order chi connectivity index (χ1) is 9.97. The second-order valence-corrected chi connectivity index (χ2v) is 7.97. The van der Waals surface area contributed by atoms with E-state index in [-0.39, 0.29) is 6.10 Å². The molecule has 0 bridgehead atoms. The van der Waals surface area contributed by atoms with Crippen LogP contribution in [0, 0.1) is 5.41 Å². The van der Waals surface area contributed by atoms with Crippen molar-refractivity contribution in [3.63, 3.8) is 0 Å². The summed E-state index contributed by atoms with van der Waals surface area (Å²) in [6, 6.07) is 0. The van der Waals surface area contributed by atoms with Crippen LogP contribution >= 0.6 is 0 Å². The Morgan fingerprint density at radius 1 is 0.909 bits per heavy atom. The van der Waals surface area contributed by atoms with Crippen LogP contribution in [0.15, 0.2) is 0 Å². The van der Waals surface area contributed by atoms with E-state index >= 15 is 0 Å². The van der Waals surface area contributed by atoms with Crippen molar-refractivity contribution in [3.8, 4) is 0 Å². The minimum Gasteiger partial charge on any atom is -0.322 e. The summed E-state index contributed by atoms with van der Waals surface area (Å²) in [6.07, 6.45) is 4.13. The number of hydrogen-bond donors (Lipinski definition) is 0. The van der Waals surface area contributed by atoms with E-state index in [1.54, 1.807) is 0 Å². The first-order valence-electron chi connectivity index (χ1n) is 8.66. The first kappa shape index (κ1) is 21.8. The molecule has 0 fully saturated rings. The summed E-state index contributed by atoms with van der Waals surface area (Å²) in [5.74, 6) is -1.23. The molecule has 0 amide bonds. The molecule has 134 valence electrons. The molecule has 0 heterocycles. The molecule has 0 aromatic carbocycles. The molecule has 2 atom stereocenters. The quantitative estimate of drug-likeness (QED) is 0.232. The van der Waals surface area contributed by atoms with E-state index in [4.69, 9.17) is 19.2 Å². The lowest BCUT2D eigenvalue weighted by Crippen LogP contribution is -2.55.